The van der Waals surface area contributed by atoms with Crippen LogP contribution in [0.5, 0.6) is 0 Å². The number of piperidine rings is 1. The summed E-state index contributed by atoms with van der Waals surface area (Å²) in [5.41, 5.74) is 0. The Morgan fingerprint density at radius 1 is 1.08 bits per heavy atom. The summed E-state index contributed by atoms with van der Waals surface area (Å²) in [4.78, 5) is 2.66. The van der Waals surface area contributed by atoms with E-state index in [0.717, 1.165) is 17.9 Å². The van der Waals surface area contributed by atoms with Gasteiger partial charge in [0.05, 0.1) is 0 Å². The molecule has 1 saturated heterocycles. The van der Waals surface area contributed by atoms with Crippen molar-refractivity contribution in [2.75, 3.05) is 13.1 Å². The van der Waals surface area contributed by atoms with Crippen molar-refractivity contribution in [3.8, 4) is 0 Å². The molecule has 1 heteroatoms. The van der Waals surface area contributed by atoms with Gasteiger partial charge in [-0.05, 0) is 45.1 Å². The van der Waals surface area contributed by atoms with Crippen molar-refractivity contribution in [3.05, 3.63) is 0 Å². The van der Waals surface area contributed by atoms with Crippen LogP contribution in [0.1, 0.15) is 39.5 Å². The van der Waals surface area contributed by atoms with Gasteiger partial charge in [0.1, 0.15) is 0 Å². The highest BCUT2D eigenvalue weighted by Gasteiger charge is 2.33. The lowest BCUT2D eigenvalue weighted by atomic mass is 9.88. The van der Waals surface area contributed by atoms with Gasteiger partial charge in [-0.25, -0.2) is 0 Å². The van der Waals surface area contributed by atoms with E-state index in [1.807, 2.05) is 0 Å². The maximum absolute atomic E-state index is 2.66. The van der Waals surface area contributed by atoms with Gasteiger partial charge in [-0.15, -0.1) is 0 Å². The molecule has 1 aliphatic carbocycles. The highest BCUT2D eigenvalue weighted by atomic mass is 15.2. The minimum atomic E-state index is 0.770. The molecule has 2 aliphatic rings. The van der Waals surface area contributed by atoms with Crippen molar-refractivity contribution >= 4 is 0 Å². The minimum absolute atomic E-state index is 0.770. The van der Waals surface area contributed by atoms with Crippen LogP contribution in [0.15, 0.2) is 0 Å². The van der Waals surface area contributed by atoms with Crippen LogP contribution in [0.3, 0.4) is 0 Å². The average Bonchev–Trinajstić information content (AvgIpc) is 2.49. The lowest BCUT2D eigenvalue weighted by molar-refractivity contribution is 0.110. The fraction of sp³-hybridized carbons (Fsp3) is 1.00. The average molecular weight is 167 g/mol. The summed E-state index contributed by atoms with van der Waals surface area (Å²) in [7, 11) is 0. The van der Waals surface area contributed by atoms with Gasteiger partial charge in [0.25, 0.3) is 0 Å². The molecule has 0 radical (unpaired) electrons. The molecule has 2 rings (SSSR count). The Morgan fingerprint density at radius 3 is 2.58 bits per heavy atom. The van der Waals surface area contributed by atoms with Gasteiger partial charge in [-0.3, -0.25) is 0 Å². The molecule has 0 spiro atoms. The summed E-state index contributed by atoms with van der Waals surface area (Å²) in [5, 5.41) is 0. The molecule has 0 aromatic rings. The van der Waals surface area contributed by atoms with E-state index >= 15 is 0 Å². The summed E-state index contributed by atoms with van der Waals surface area (Å²) in [6.45, 7) is 7.41. The Balaban J connectivity index is 1.92. The van der Waals surface area contributed by atoms with Crippen LogP contribution in [0, 0.1) is 11.8 Å². The van der Waals surface area contributed by atoms with Crippen molar-refractivity contribution in [1.29, 1.82) is 0 Å². The van der Waals surface area contributed by atoms with Crippen LogP contribution < -0.4 is 0 Å². The van der Waals surface area contributed by atoms with E-state index in [1.165, 1.54) is 38.8 Å². The molecule has 1 nitrogen and oxygen atoms in total. The maximum atomic E-state index is 2.66. The molecular formula is C11H21N. The third-order valence-electron chi connectivity index (χ3n) is 3.80. The molecule has 2 unspecified atom stereocenters. The van der Waals surface area contributed by atoms with E-state index in [4.69, 9.17) is 0 Å². The molecule has 0 aromatic carbocycles. The van der Waals surface area contributed by atoms with Gasteiger partial charge >= 0.3 is 0 Å². The Labute approximate surface area is 76.1 Å². The predicted octanol–water partition coefficient (Wildman–Crippen LogP) is 2.52. The van der Waals surface area contributed by atoms with Crippen LogP contribution in [0.25, 0.3) is 0 Å². The molecular weight excluding hydrogens is 146 g/mol. The number of hydrogen-bond donors (Lipinski definition) is 0. The van der Waals surface area contributed by atoms with Gasteiger partial charge in [-0.1, -0.05) is 12.8 Å². The van der Waals surface area contributed by atoms with Gasteiger partial charge in [-0.2, -0.15) is 0 Å². The summed E-state index contributed by atoms with van der Waals surface area (Å²) >= 11 is 0. The first-order valence-electron chi connectivity index (χ1n) is 5.51. The first kappa shape index (κ1) is 8.55. The highest BCUT2D eigenvalue weighted by Crippen LogP contribution is 2.37. The van der Waals surface area contributed by atoms with E-state index in [1.54, 1.807) is 0 Å². The number of fused-ring (bicyclic) bond motifs is 1. The zero-order valence-corrected chi connectivity index (χ0v) is 8.42. The Kier molecular flexibility index (Phi) is 2.40. The van der Waals surface area contributed by atoms with Crippen LogP contribution in [-0.4, -0.2) is 24.0 Å². The summed E-state index contributed by atoms with van der Waals surface area (Å²) in [6, 6.07) is 0.770. The molecule has 0 amide bonds. The third kappa shape index (κ3) is 1.52. The van der Waals surface area contributed by atoms with Gasteiger partial charge in [0.15, 0.2) is 0 Å². The molecule has 2 atom stereocenters. The maximum Gasteiger partial charge on any atom is 0.00387 e. The topological polar surface area (TPSA) is 3.24 Å². The van der Waals surface area contributed by atoms with Gasteiger partial charge in [0.2, 0.25) is 0 Å². The number of hydrogen-bond acceptors (Lipinski definition) is 1. The lowest BCUT2D eigenvalue weighted by Gasteiger charge is -2.37. The van der Waals surface area contributed by atoms with E-state index in [9.17, 15) is 0 Å². The number of likely N-dealkylation sites (tertiary alicyclic amines) is 1. The van der Waals surface area contributed by atoms with E-state index in [0.29, 0.717) is 0 Å². The molecule has 0 aromatic heterocycles. The predicted molar refractivity (Wildman–Crippen MR) is 52.2 cm³/mol. The SMILES string of the molecule is CC(C)N1CCC2CCCC2C1. The summed E-state index contributed by atoms with van der Waals surface area (Å²) in [6.07, 6.45) is 6.01. The first-order chi connectivity index (χ1) is 5.77. The Bertz CT molecular complexity index is 153. The second-order valence-electron chi connectivity index (χ2n) is 4.83. The third-order valence-corrected chi connectivity index (χ3v) is 3.80. The second kappa shape index (κ2) is 3.37. The smallest absolute Gasteiger partial charge is 0.00387 e. The van der Waals surface area contributed by atoms with E-state index in [-0.39, 0.29) is 0 Å². The fourth-order valence-corrected chi connectivity index (χ4v) is 2.93. The lowest BCUT2D eigenvalue weighted by Crippen LogP contribution is -2.42. The van der Waals surface area contributed by atoms with E-state index < -0.39 is 0 Å². The van der Waals surface area contributed by atoms with Crippen LogP contribution in [0.4, 0.5) is 0 Å². The molecule has 70 valence electrons. The molecule has 1 aliphatic heterocycles. The van der Waals surface area contributed by atoms with Gasteiger partial charge < -0.3 is 4.90 Å². The van der Waals surface area contributed by atoms with Gasteiger partial charge in [0, 0.05) is 12.6 Å². The molecule has 0 bridgehead atoms. The van der Waals surface area contributed by atoms with Crippen molar-refractivity contribution in [1.82, 2.24) is 4.90 Å². The monoisotopic (exact) mass is 167 g/mol. The standard InChI is InChI=1S/C11H21N/c1-9(2)12-7-6-10-4-3-5-11(10)8-12/h9-11H,3-8H2,1-2H3. The van der Waals surface area contributed by atoms with E-state index in [2.05, 4.69) is 18.7 Å². The summed E-state index contributed by atoms with van der Waals surface area (Å²) in [5.74, 6) is 2.15. The van der Waals surface area contributed by atoms with Crippen molar-refractivity contribution < 1.29 is 0 Å². The number of rotatable bonds is 1. The Morgan fingerprint density at radius 2 is 1.83 bits per heavy atom. The Hall–Kier alpha value is -0.0400. The first-order valence-corrected chi connectivity index (χ1v) is 5.51. The molecule has 12 heavy (non-hydrogen) atoms. The normalized spacial score (nSPS) is 37.2. The quantitative estimate of drug-likeness (QED) is 0.580. The summed E-state index contributed by atoms with van der Waals surface area (Å²) < 4.78 is 0. The van der Waals surface area contributed by atoms with Crippen molar-refractivity contribution in [3.63, 3.8) is 0 Å². The highest BCUT2D eigenvalue weighted by molar-refractivity contribution is 4.85. The fourth-order valence-electron chi connectivity index (χ4n) is 2.93. The van der Waals surface area contributed by atoms with Crippen LogP contribution in [0.2, 0.25) is 0 Å². The number of nitrogens with zero attached hydrogens (tertiary/aromatic N) is 1. The van der Waals surface area contributed by atoms with Crippen LogP contribution >= 0.6 is 0 Å². The second-order valence-corrected chi connectivity index (χ2v) is 4.83. The minimum Gasteiger partial charge on any atom is -0.301 e. The zero-order chi connectivity index (χ0) is 8.55. The molecule has 2 fully saturated rings. The molecule has 1 saturated carbocycles. The van der Waals surface area contributed by atoms with Crippen molar-refractivity contribution in [2.45, 2.75) is 45.6 Å². The van der Waals surface area contributed by atoms with Crippen LogP contribution in [-0.2, 0) is 0 Å². The molecule has 0 N–H and O–H groups in total. The molecule has 1 heterocycles. The van der Waals surface area contributed by atoms with Crippen molar-refractivity contribution in [2.24, 2.45) is 11.8 Å². The largest absolute Gasteiger partial charge is 0.301 e. The zero-order valence-electron chi connectivity index (χ0n) is 8.42.